The standard InChI is InChI=1S/C8H12O6/c1-7-4-8(2)6(10-14-12-8)3-5(7)9-13-11-7/h5-6H,3-4H2,1-2H3. The molecule has 3 fully saturated rings. The van der Waals surface area contributed by atoms with E-state index in [0.29, 0.717) is 12.8 Å². The van der Waals surface area contributed by atoms with E-state index >= 15 is 0 Å². The van der Waals surface area contributed by atoms with Gasteiger partial charge in [0.25, 0.3) is 0 Å². The molecule has 0 aromatic carbocycles. The third kappa shape index (κ3) is 1.06. The van der Waals surface area contributed by atoms with Gasteiger partial charge < -0.3 is 0 Å². The number of rotatable bonds is 0. The van der Waals surface area contributed by atoms with Crippen LogP contribution in [0.5, 0.6) is 0 Å². The van der Waals surface area contributed by atoms with E-state index in [9.17, 15) is 0 Å². The first kappa shape index (κ1) is 9.02. The fourth-order valence-electron chi connectivity index (χ4n) is 2.36. The minimum Gasteiger partial charge on any atom is -0.200 e. The molecule has 0 aromatic heterocycles. The fourth-order valence-corrected chi connectivity index (χ4v) is 2.36. The van der Waals surface area contributed by atoms with Gasteiger partial charge in [0, 0.05) is 12.8 Å². The Balaban J connectivity index is 1.89. The van der Waals surface area contributed by atoms with Gasteiger partial charge in [0.05, 0.1) is 0 Å². The Morgan fingerprint density at radius 3 is 1.93 bits per heavy atom. The van der Waals surface area contributed by atoms with Gasteiger partial charge in [-0.2, -0.15) is 19.6 Å². The summed E-state index contributed by atoms with van der Waals surface area (Å²) < 4.78 is 0. The molecule has 3 aliphatic rings. The molecule has 14 heavy (non-hydrogen) atoms. The Labute approximate surface area is 80.7 Å². The average molecular weight is 204 g/mol. The molecule has 0 N–H and O–H groups in total. The molecule has 2 aliphatic heterocycles. The van der Waals surface area contributed by atoms with Crippen molar-refractivity contribution in [2.75, 3.05) is 0 Å². The van der Waals surface area contributed by atoms with Crippen molar-refractivity contribution in [2.24, 2.45) is 0 Å². The number of hydrogen-bond donors (Lipinski definition) is 0. The highest BCUT2D eigenvalue weighted by Crippen LogP contribution is 2.47. The third-order valence-electron chi connectivity index (χ3n) is 3.25. The summed E-state index contributed by atoms with van der Waals surface area (Å²) in [5, 5.41) is 9.11. The molecule has 1 saturated carbocycles. The molecule has 2 heterocycles. The zero-order valence-corrected chi connectivity index (χ0v) is 8.02. The van der Waals surface area contributed by atoms with E-state index in [2.05, 4.69) is 10.1 Å². The topological polar surface area (TPSA) is 55.4 Å². The van der Waals surface area contributed by atoms with Crippen molar-refractivity contribution in [2.45, 2.75) is 50.1 Å². The molecule has 0 aromatic rings. The molecule has 0 spiro atoms. The van der Waals surface area contributed by atoms with Gasteiger partial charge in [-0.05, 0) is 13.8 Å². The van der Waals surface area contributed by atoms with Crippen LogP contribution in [-0.4, -0.2) is 23.4 Å². The van der Waals surface area contributed by atoms with Crippen molar-refractivity contribution in [1.29, 1.82) is 0 Å². The molecule has 0 radical (unpaired) electrons. The van der Waals surface area contributed by atoms with E-state index in [0.717, 1.165) is 0 Å². The van der Waals surface area contributed by atoms with Crippen molar-refractivity contribution in [3.05, 3.63) is 0 Å². The van der Waals surface area contributed by atoms with Crippen LogP contribution in [0.25, 0.3) is 0 Å². The lowest BCUT2D eigenvalue weighted by Crippen LogP contribution is -2.55. The van der Waals surface area contributed by atoms with Crippen molar-refractivity contribution in [1.82, 2.24) is 0 Å². The highest BCUT2D eigenvalue weighted by atomic mass is 17.5. The van der Waals surface area contributed by atoms with Crippen LogP contribution in [-0.2, 0) is 29.6 Å². The van der Waals surface area contributed by atoms with Crippen LogP contribution < -0.4 is 0 Å². The molecule has 2 saturated heterocycles. The molecule has 4 atom stereocenters. The second-order valence-electron chi connectivity index (χ2n) is 4.51. The molecule has 4 unspecified atom stereocenters. The maximum Gasteiger partial charge on any atom is 0.136 e. The Bertz CT molecular complexity index is 234. The Hall–Kier alpha value is -0.240. The maximum atomic E-state index is 5.10. The molecular weight excluding hydrogens is 192 g/mol. The zero-order chi connectivity index (χ0) is 9.81. The molecular formula is C8H12O6. The highest BCUT2D eigenvalue weighted by molar-refractivity contribution is 5.04. The van der Waals surface area contributed by atoms with Crippen LogP contribution in [0.15, 0.2) is 0 Å². The first-order valence-corrected chi connectivity index (χ1v) is 4.65. The minimum atomic E-state index is -0.484. The number of hydrogen-bond acceptors (Lipinski definition) is 6. The van der Waals surface area contributed by atoms with Gasteiger partial charge in [0.15, 0.2) is 0 Å². The molecule has 1 aliphatic carbocycles. The van der Waals surface area contributed by atoms with E-state index in [4.69, 9.17) is 19.6 Å². The molecule has 3 rings (SSSR count). The highest BCUT2D eigenvalue weighted by Gasteiger charge is 2.61. The molecule has 0 amide bonds. The summed E-state index contributed by atoms with van der Waals surface area (Å²) in [5.41, 5.74) is -0.968. The van der Waals surface area contributed by atoms with Crippen molar-refractivity contribution in [3.8, 4) is 0 Å². The van der Waals surface area contributed by atoms with Crippen LogP contribution in [0.4, 0.5) is 0 Å². The average Bonchev–Trinajstić information content (AvgIpc) is 2.60. The summed E-state index contributed by atoms with van der Waals surface area (Å²) in [4.78, 5) is 20.2. The van der Waals surface area contributed by atoms with E-state index < -0.39 is 11.2 Å². The Morgan fingerprint density at radius 1 is 0.929 bits per heavy atom. The minimum absolute atomic E-state index is 0.133. The Kier molecular flexibility index (Phi) is 1.71. The van der Waals surface area contributed by atoms with Crippen LogP contribution in [0.1, 0.15) is 26.7 Å². The molecule has 0 bridgehead atoms. The molecule has 80 valence electrons. The largest absolute Gasteiger partial charge is 0.200 e. The van der Waals surface area contributed by atoms with Crippen molar-refractivity contribution in [3.63, 3.8) is 0 Å². The summed E-state index contributed by atoms with van der Waals surface area (Å²) in [7, 11) is 0. The van der Waals surface area contributed by atoms with Crippen LogP contribution in [0.2, 0.25) is 0 Å². The van der Waals surface area contributed by atoms with E-state index in [1.807, 2.05) is 13.8 Å². The summed E-state index contributed by atoms with van der Waals surface area (Å²) in [6.07, 6.45) is 0.972. The van der Waals surface area contributed by atoms with Gasteiger partial charge >= 0.3 is 0 Å². The van der Waals surface area contributed by atoms with Crippen molar-refractivity contribution >= 4 is 0 Å². The van der Waals surface area contributed by atoms with Gasteiger partial charge in [0.2, 0.25) is 0 Å². The summed E-state index contributed by atoms with van der Waals surface area (Å²) in [6, 6.07) is 0. The lowest BCUT2D eigenvalue weighted by atomic mass is 9.73. The first-order valence-electron chi connectivity index (χ1n) is 4.65. The summed E-state index contributed by atoms with van der Waals surface area (Å²) in [6.45, 7) is 3.85. The van der Waals surface area contributed by atoms with Gasteiger partial charge in [-0.25, -0.2) is 0 Å². The normalized spacial score (nSPS) is 57.0. The summed E-state index contributed by atoms with van der Waals surface area (Å²) in [5.74, 6) is 0. The van der Waals surface area contributed by atoms with Gasteiger partial charge in [-0.15, -0.1) is 0 Å². The third-order valence-corrected chi connectivity index (χ3v) is 3.25. The van der Waals surface area contributed by atoms with Gasteiger partial charge in [0.1, 0.15) is 23.4 Å². The van der Waals surface area contributed by atoms with E-state index in [-0.39, 0.29) is 12.2 Å². The maximum absolute atomic E-state index is 5.10. The van der Waals surface area contributed by atoms with Gasteiger partial charge in [-0.1, -0.05) is 10.1 Å². The van der Waals surface area contributed by atoms with E-state index in [1.54, 1.807) is 0 Å². The monoisotopic (exact) mass is 204 g/mol. The predicted octanol–water partition coefficient (Wildman–Crippen LogP) is 0.822. The predicted molar refractivity (Wildman–Crippen MR) is 40.1 cm³/mol. The first-order chi connectivity index (χ1) is 6.62. The molecule has 6 nitrogen and oxygen atoms in total. The molecule has 6 heteroatoms. The quantitative estimate of drug-likeness (QED) is 0.544. The second-order valence-corrected chi connectivity index (χ2v) is 4.51. The van der Waals surface area contributed by atoms with E-state index in [1.165, 1.54) is 0 Å². The number of fused-ring (bicyclic) bond motifs is 2. The lowest BCUT2D eigenvalue weighted by molar-refractivity contribution is -0.486. The van der Waals surface area contributed by atoms with Crippen LogP contribution in [0, 0.1) is 0 Å². The zero-order valence-electron chi connectivity index (χ0n) is 8.02. The summed E-state index contributed by atoms with van der Waals surface area (Å²) >= 11 is 0. The van der Waals surface area contributed by atoms with Crippen molar-refractivity contribution < 1.29 is 29.6 Å². The smallest absolute Gasteiger partial charge is 0.136 e. The van der Waals surface area contributed by atoms with Crippen LogP contribution >= 0.6 is 0 Å². The fraction of sp³-hybridized carbons (Fsp3) is 1.00. The van der Waals surface area contributed by atoms with Gasteiger partial charge in [-0.3, -0.25) is 0 Å². The van der Waals surface area contributed by atoms with Crippen LogP contribution in [0.3, 0.4) is 0 Å². The lowest BCUT2D eigenvalue weighted by Gasteiger charge is -2.39. The SMILES string of the molecule is CC12CC3(C)OOOC3CC1OOO2. The second kappa shape index (κ2) is 2.66. The Morgan fingerprint density at radius 2 is 1.43 bits per heavy atom.